The zero-order valence-electron chi connectivity index (χ0n) is 12.5. The van der Waals surface area contributed by atoms with Gasteiger partial charge in [0.1, 0.15) is 0 Å². The molecule has 2 unspecified atom stereocenters. The van der Waals surface area contributed by atoms with E-state index < -0.39 is 0 Å². The number of hydrogen-bond acceptors (Lipinski definition) is 1. The lowest BCUT2D eigenvalue weighted by molar-refractivity contribution is 0.184. The van der Waals surface area contributed by atoms with E-state index in [2.05, 4.69) is 67.6 Å². The monoisotopic (exact) mass is 278 g/mol. The van der Waals surface area contributed by atoms with E-state index in [9.17, 15) is 5.11 Å². The molecule has 0 aromatic heterocycles. The minimum atomic E-state index is 0.277. The maximum Gasteiger partial charge on any atom is 0.0465 e. The van der Waals surface area contributed by atoms with Crippen molar-refractivity contribution in [3.63, 3.8) is 0 Å². The van der Waals surface area contributed by atoms with Crippen molar-refractivity contribution < 1.29 is 5.11 Å². The molecule has 108 valence electrons. The second-order valence-electron chi connectivity index (χ2n) is 6.02. The number of rotatable bonds is 3. The van der Waals surface area contributed by atoms with Crippen molar-refractivity contribution in [1.82, 2.24) is 0 Å². The molecule has 0 aliphatic heterocycles. The van der Waals surface area contributed by atoms with Crippen molar-refractivity contribution in [3.05, 3.63) is 71.8 Å². The van der Waals surface area contributed by atoms with Crippen LogP contribution in [0.5, 0.6) is 0 Å². The average Bonchev–Trinajstić information content (AvgIpc) is 2.56. The fraction of sp³-hybridized carbons (Fsp3) is 0.300. The smallest absolute Gasteiger partial charge is 0.0465 e. The number of benzene rings is 2. The summed E-state index contributed by atoms with van der Waals surface area (Å²) in [5, 5.41) is 9.66. The first kappa shape index (κ1) is 14.1. The second-order valence-corrected chi connectivity index (χ2v) is 6.02. The van der Waals surface area contributed by atoms with E-state index in [1.54, 1.807) is 0 Å². The maximum absolute atomic E-state index is 9.66. The van der Waals surface area contributed by atoms with Gasteiger partial charge in [0.05, 0.1) is 0 Å². The first-order valence-corrected chi connectivity index (χ1v) is 7.73. The summed E-state index contributed by atoms with van der Waals surface area (Å²) in [4.78, 5) is 0. The molecule has 3 rings (SSSR count). The molecule has 0 heterocycles. The minimum Gasteiger partial charge on any atom is -0.396 e. The van der Waals surface area contributed by atoms with Crippen LogP contribution in [-0.2, 0) is 0 Å². The Morgan fingerprint density at radius 2 is 1.29 bits per heavy atom. The number of allylic oxidation sites excluding steroid dienone is 2. The van der Waals surface area contributed by atoms with Crippen LogP contribution in [0, 0.1) is 11.8 Å². The topological polar surface area (TPSA) is 20.2 Å². The van der Waals surface area contributed by atoms with Gasteiger partial charge in [-0.05, 0) is 47.0 Å². The molecule has 0 fully saturated rings. The van der Waals surface area contributed by atoms with Gasteiger partial charge in [-0.2, -0.15) is 0 Å². The van der Waals surface area contributed by atoms with Gasteiger partial charge < -0.3 is 5.11 Å². The molecule has 1 nitrogen and oxygen atoms in total. The standard InChI is InChI=1S/C20H22O/c1-15-12-19(16-8-4-2-5-9-16)20(13-18(15)14-21)17-10-6-3-7-11-17/h2-11,15,18,21H,12-14H2,1H3. The van der Waals surface area contributed by atoms with E-state index in [0.717, 1.165) is 12.8 Å². The third kappa shape index (κ3) is 2.93. The second kappa shape index (κ2) is 6.28. The number of aliphatic hydroxyl groups is 1. The highest BCUT2D eigenvalue weighted by Crippen LogP contribution is 2.43. The van der Waals surface area contributed by atoms with Crippen molar-refractivity contribution in [2.75, 3.05) is 6.61 Å². The van der Waals surface area contributed by atoms with Crippen molar-refractivity contribution in [3.8, 4) is 0 Å². The van der Waals surface area contributed by atoms with Crippen LogP contribution in [0.4, 0.5) is 0 Å². The normalized spacial score (nSPS) is 22.4. The molecule has 2 aromatic rings. The van der Waals surface area contributed by atoms with E-state index in [-0.39, 0.29) is 6.61 Å². The molecule has 21 heavy (non-hydrogen) atoms. The molecule has 0 bridgehead atoms. The molecule has 2 aromatic carbocycles. The minimum absolute atomic E-state index is 0.277. The van der Waals surface area contributed by atoms with E-state index in [4.69, 9.17) is 0 Å². The quantitative estimate of drug-likeness (QED) is 0.867. The van der Waals surface area contributed by atoms with Gasteiger partial charge in [0, 0.05) is 6.61 Å². The highest BCUT2D eigenvalue weighted by atomic mass is 16.3. The van der Waals surface area contributed by atoms with E-state index >= 15 is 0 Å². The van der Waals surface area contributed by atoms with Gasteiger partial charge in [-0.1, -0.05) is 67.6 Å². The third-order valence-corrected chi connectivity index (χ3v) is 4.64. The summed E-state index contributed by atoms with van der Waals surface area (Å²) in [5.41, 5.74) is 5.46. The predicted molar refractivity (Wildman–Crippen MR) is 88.7 cm³/mol. The molecule has 1 aliphatic rings. The van der Waals surface area contributed by atoms with Crippen molar-refractivity contribution in [2.24, 2.45) is 11.8 Å². The van der Waals surface area contributed by atoms with Gasteiger partial charge in [0.15, 0.2) is 0 Å². The summed E-state index contributed by atoms with van der Waals surface area (Å²) < 4.78 is 0. The Kier molecular flexibility index (Phi) is 4.21. The first-order valence-electron chi connectivity index (χ1n) is 7.73. The Morgan fingerprint density at radius 3 is 1.76 bits per heavy atom. The molecule has 0 saturated carbocycles. The van der Waals surface area contributed by atoms with Gasteiger partial charge in [0.25, 0.3) is 0 Å². The highest BCUT2D eigenvalue weighted by Gasteiger charge is 2.27. The van der Waals surface area contributed by atoms with Crippen LogP contribution < -0.4 is 0 Å². The molecular weight excluding hydrogens is 256 g/mol. The third-order valence-electron chi connectivity index (χ3n) is 4.64. The number of aliphatic hydroxyl groups excluding tert-OH is 1. The molecule has 2 atom stereocenters. The zero-order valence-corrected chi connectivity index (χ0v) is 12.5. The van der Waals surface area contributed by atoms with Crippen LogP contribution in [0.25, 0.3) is 11.1 Å². The van der Waals surface area contributed by atoms with Crippen LogP contribution in [0.1, 0.15) is 30.9 Å². The Bertz CT molecular complexity index is 613. The molecule has 1 N–H and O–H groups in total. The summed E-state index contributed by atoms with van der Waals surface area (Å²) in [5.74, 6) is 0.894. The first-order chi connectivity index (χ1) is 10.3. The Labute approximate surface area is 127 Å². The van der Waals surface area contributed by atoms with Crippen LogP contribution in [0.2, 0.25) is 0 Å². The highest BCUT2D eigenvalue weighted by molar-refractivity contribution is 5.91. The van der Waals surface area contributed by atoms with Gasteiger partial charge in [-0.15, -0.1) is 0 Å². The van der Waals surface area contributed by atoms with Gasteiger partial charge in [-0.3, -0.25) is 0 Å². The maximum atomic E-state index is 9.66. The van der Waals surface area contributed by atoms with Crippen molar-refractivity contribution in [1.29, 1.82) is 0 Å². The Morgan fingerprint density at radius 1 is 0.810 bits per heavy atom. The Hall–Kier alpha value is -1.86. The predicted octanol–water partition coefficient (Wildman–Crippen LogP) is 4.64. The average molecular weight is 278 g/mol. The summed E-state index contributed by atoms with van der Waals surface area (Å²) in [7, 11) is 0. The van der Waals surface area contributed by atoms with E-state index in [1.165, 1.54) is 22.3 Å². The molecule has 1 aliphatic carbocycles. The summed E-state index contributed by atoms with van der Waals surface area (Å²) >= 11 is 0. The van der Waals surface area contributed by atoms with Crippen molar-refractivity contribution >= 4 is 11.1 Å². The lowest BCUT2D eigenvalue weighted by Gasteiger charge is -2.32. The van der Waals surface area contributed by atoms with Crippen LogP contribution >= 0.6 is 0 Å². The van der Waals surface area contributed by atoms with Gasteiger partial charge in [0.2, 0.25) is 0 Å². The van der Waals surface area contributed by atoms with Gasteiger partial charge in [-0.25, -0.2) is 0 Å². The molecule has 0 amide bonds. The van der Waals surface area contributed by atoms with Crippen molar-refractivity contribution in [2.45, 2.75) is 19.8 Å². The summed E-state index contributed by atoms with van der Waals surface area (Å²) in [6.07, 6.45) is 2.01. The van der Waals surface area contributed by atoms with E-state index in [0.29, 0.717) is 11.8 Å². The van der Waals surface area contributed by atoms with Gasteiger partial charge >= 0.3 is 0 Å². The lowest BCUT2D eigenvalue weighted by atomic mass is 9.73. The molecular formula is C20H22O. The fourth-order valence-electron chi connectivity index (χ4n) is 3.31. The van der Waals surface area contributed by atoms with Crippen LogP contribution in [0.3, 0.4) is 0 Å². The molecule has 1 heteroatoms. The lowest BCUT2D eigenvalue weighted by Crippen LogP contribution is -2.21. The summed E-state index contributed by atoms with van der Waals surface area (Å²) in [6.45, 7) is 2.53. The zero-order chi connectivity index (χ0) is 14.7. The van der Waals surface area contributed by atoms with Crippen LogP contribution in [-0.4, -0.2) is 11.7 Å². The largest absolute Gasteiger partial charge is 0.396 e. The molecule has 0 radical (unpaired) electrons. The SMILES string of the molecule is CC1CC(c2ccccc2)=C(c2ccccc2)CC1CO. The van der Waals surface area contributed by atoms with Crippen LogP contribution in [0.15, 0.2) is 60.7 Å². The molecule has 0 spiro atoms. The fourth-order valence-corrected chi connectivity index (χ4v) is 3.31. The molecule has 0 saturated heterocycles. The number of hydrogen-bond donors (Lipinski definition) is 1. The van der Waals surface area contributed by atoms with E-state index in [1.807, 2.05) is 0 Å². The summed E-state index contributed by atoms with van der Waals surface area (Å²) in [6, 6.07) is 21.3. The Balaban J connectivity index is 2.10.